The van der Waals surface area contributed by atoms with E-state index < -0.39 is 28.0 Å². The zero-order valence-corrected chi connectivity index (χ0v) is 18.2. The monoisotopic (exact) mass is 460 g/mol. The summed E-state index contributed by atoms with van der Waals surface area (Å²) in [5.41, 5.74) is 6.47. The fourth-order valence-electron chi connectivity index (χ4n) is 3.62. The lowest BCUT2D eigenvalue weighted by Gasteiger charge is -2.32. The number of carbonyl (C=O) groups is 2. The molecule has 162 valence electrons. The molecule has 1 fully saturated rings. The molecule has 10 heteroatoms. The van der Waals surface area contributed by atoms with E-state index >= 15 is 0 Å². The molecular weight excluding hydrogens is 440 g/mol. The Labute approximate surface area is 183 Å². The number of esters is 1. The lowest BCUT2D eigenvalue weighted by Crippen LogP contribution is -2.42. The molecule has 1 saturated heterocycles. The van der Waals surface area contributed by atoms with Crippen molar-refractivity contribution in [2.45, 2.75) is 11.0 Å². The number of benzene rings is 2. The summed E-state index contributed by atoms with van der Waals surface area (Å²) in [5.74, 6) is -1.11. The van der Waals surface area contributed by atoms with Crippen molar-refractivity contribution < 1.29 is 27.5 Å². The van der Waals surface area contributed by atoms with Gasteiger partial charge in [0.05, 0.1) is 35.2 Å². The van der Waals surface area contributed by atoms with Crippen molar-refractivity contribution in [2.75, 3.05) is 26.8 Å². The minimum absolute atomic E-state index is 0.0437. The van der Waals surface area contributed by atoms with E-state index in [4.69, 9.17) is 10.5 Å². The fourth-order valence-corrected chi connectivity index (χ4v) is 6.15. The second-order valence-corrected chi connectivity index (χ2v) is 9.93. The second-order valence-electron chi connectivity index (χ2n) is 6.94. The van der Waals surface area contributed by atoms with Crippen molar-refractivity contribution in [3.8, 4) is 0 Å². The molecule has 2 N–H and O–H groups in total. The van der Waals surface area contributed by atoms with Gasteiger partial charge < -0.3 is 15.2 Å². The third-order valence-electron chi connectivity index (χ3n) is 5.12. The molecule has 0 spiro atoms. The van der Waals surface area contributed by atoms with Crippen LogP contribution in [0.15, 0.2) is 53.4 Å². The number of fused-ring (bicyclic) bond motifs is 1. The van der Waals surface area contributed by atoms with Gasteiger partial charge in [-0.05, 0) is 35.7 Å². The summed E-state index contributed by atoms with van der Waals surface area (Å²) in [4.78, 5) is 24.1. The number of hydrogen-bond donors (Lipinski definition) is 1. The van der Waals surface area contributed by atoms with Crippen LogP contribution in [-0.2, 0) is 19.5 Å². The Kier molecular flexibility index (Phi) is 5.80. The SMILES string of the molecule is COC(=O)c1ccc(S(=O)(=O)N2CCOC(c3c(C(N)=O)sc4ccccc34)C2)cc1. The molecular formula is C21H20N2O6S2. The van der Waals surface area contributed by atoms with Crippen LogP contribution in [0.3, 0.4) is 0 Å². The first-order valence-corrected chi connectivity index (χ1v) is 11.7. The van der Waals surface area contributed by atoms with Crippen molar-refractivity contribution in [3.05, 3.63) is 64.5 Å². The number of methoxy groups -OCH3 is 1. The van der Waals surface area contributed by atoms with E-state index in [0.717, 1.165) is 10.1 Å². The number of hydrogen-bond acceptors (Lipinski definition) is 7. The molecule has 1 unspecified atom stereocenters. The Bertz CT molecular complexity index is 1250. The predicted molar refractivity (Wildman–Crippen MR) is 116 cm³/mol. The van der Waals surface area contributed by atoms with Crippen LogP contribution in [0.2, 0.25) is 0 Å². The van der Waals surface area contributed by atoms with Crippen molar-refractivity contribution in [2.24, 2.45) is 5.73 Å². The number of primary amides is 1. The van der Waals surface area contributed by atoms with Gasteiger partial charge in [0.15, 0.2) is 0 Å². The molecule has 1 aliphatic heterocycles. The molecule has 3 aromatic rings. The zero-order chi connectivity index (χ0) is 22.2. The Morgan fingerprint density at radius 1 is 1.16 bits per heavy atom. The van der Waals surface area contributed by atoms with Gasteiger partial charge >= 0.3 is 5.97 Å². The average molecular weight is 461 g/mol. The average Bonchev–Trinajstić information content (AvgIpc) is 3.19. The van der Waals surface area contributed by atoms with Gasteiger partial charge in [0.25, 0.3) is 5.91 Å². The summed E-state index contributed by atoms with van der Waals surface area (Å²) < 4.78 is 39.1. The first kappa shape index (κ1) is 21.4. The summed E-state index contributed by atoms with van der Waals surface area (Å²) in [7, 11) is -2.57. The summed E-state index contributed by atoms with van der Waals surface area (Å²) in [6, 6.07) is 13.0. The van der Waals surface area contributed by atoms with E-state index in [2.05, 4.69) is 4.74 Å². The third kappa shape index (κ3) is 3.94. The quantitative estimate of drug-likeness (QED) is 0.585. The van der Waals surface area contributed by atoms with E-state index in [0.29, 0.717) is 10.4 Å². The number of morpholine rings is 1. The Morgan fingerprint density at radius 2 is 1.87 bits per heavy atom. The van der Waals surface area contributed by atoms with Crippen molar-refractivity contribution in [1.29, 1.82) is 0 Å². The molecule has 8 nitrogen and oxygen atoms in total. The van der Waals surface area contributed by atoms with Gasteiger partial charge in [-0.2, -0.15) is 4.31 Å². The van der Waals surface area contributed by atoms with E-state index in [1.165, 1.54) is 47.0 Å². The smallest absolute Gasteiger partial charge is 0.337 e. The fraction of sp³-hybridized carbons (Fsp3) is 0.238. The molecule has 0 radical (unpaired) electrons. The minimum atomic E-state index is -3.83. The zero-order valence-electron chi connectivity index (χ0n) is 16.6. The van der Waals surface area contributed by atoms with Gasteiger partial charge in [0.2, 0.25) is 10.0 Å². The number of sulfonamides is 1. The number of rotatable bonds is 5. The van der Waals surface area contributed by atoms with E-state index in [9.17, 15) is 18.0 Å². The van der Waals surface area contributed by atoms with Gasteiger partial charge in [-0.15, -0.1) is 11.3 Å². The summed E-state index contributed by atoms with van der Waals surface area (Å²) in [5, 5.41) is 0.827. The number of carbonyl (C=O) groups excluding carboxylic acids is 2. The molecule has 0 aliphatic carbocycles. The Hall–Kier alpha value is -2.79. The molecule has 1 amide bonds. The number of nitrogens with zero attached hydrogens (tertiary/aromatic N) is 1. The number of nitrogens with two attached hydrogens (primary N) is 1. The first-order valence-electron chi connectivity index (χ1n) is 9.44. The highest BCUT2D eigenvalue weighted by Gasteiger charge is 2.34. The van der Waals surface area contributed by atoms with E-state index in [1.54, 1.807) is 0 Å². The maximum atomic E-state index is 13.2. The highest BCUT2D eigenvalue weighted by atomic mass is 32.2. The number of amides is 1. The highest BCUT2D eigenvalue weighted by Crippen LogP contribution is 2.38. The lowest BCUT2D eigenvalue weighted by molar-refractivity contribution is -0.00188. The van der Waals surface area contributed by atoms with Crippen LogP contribution in [0.1, 0.15) is 31.7 Å². The van der Waals surface area contributed by atoms with Gasteiger partial charge in [-0.3, -0.25) is 4.79 Å². The van der Waals surface area contributed by atoms with E-state index in [-0.39, 0.29) is 30.2 Å². The van der Waals surface area contributed by atoms with Crippen molar-refractivity contribution in [1.82, 2.24) is 4.31 Å². The normalized spacial score (nSPS) is 17.5. The molecule has 1 aliphatic rings. The summed E-state index contributed by atoms with van der Waals surface area (Å²) in [6.07, 6.45) is -0.628. The molecule has 0 saturated carbocycles. The molecule has 0 bridgehead atoms. The maximum Gasteiger partial charge on any atom is 0.337 e. The highest BCUT2D eigenvalue weighted by molar-refractivity contribution is 7.89. The Balaban J connectivity index is 1.66. The van der Waals surface area contributed by atoms with Gasteiger partial charge in [0, 0.05) is 23.4 Å². The van der Waals surface area contributed by atoms with Crippen LogP contribution < -0.4 is 5.73 Å². The lowest BCUT2D eigenvalue weighted by atomic mass is 10.0. The van der Waals surface area contributed by atoms with Crippen molar-refractivity contribution in [3.63, 3.8) is 0 Å². The predicted octanol–water partition coefficient (Wildman–Crippen LogP) is 2.55. The first-order chi connectivity index (χ1) is 14.8. The summed E-state index contributed by atoms with van der Waals surface area (Å²) in [6.45, 7) is 0.389. The van der Waals surface area contributed by atoms with Gasteiger partial charge in [0.1, 0.15) is 0 Å². The maximum absolute atomic E-state index is 13.2. The van der Waals surface area contributed by atoms with Crippen LogP contribution >= 0.6 is 11.3 Å². The number of thiophene rings is 1. The van der Waals surface area contributed by atoms with Gasteiger partial charge in [-0.1, -0.05) is 18.2 Å². The molecule has 31 heavy (non-hydrogen) atoms. The van der Waals surface area contributed by atoms with Crippen LogP contribution in [-0.4, -0.2) is 51.4 Å². The summed E-state index contributed by atoms with van der Waals surface area (Å²) >= 11 is 1.27. The van der Waals surface area contributed by atoms with Crippen molar-refractivity contribution >= 4 is 43.3 Å². The Morgan fingerprint density at radius 3 is 2.55 bits per heavy atom. The standard InChI is InChI=1S/C21H20N2O6S2/c1-28-21(25)13-6-8-14(9-7-13)31(26,27)23-10-11-29-16(12-23)18-15-4-2-3-5-17(15)30-19(18)20(22)24/h2-9,16H,10-12H2,1H3,(H2,22,24). The largest absolute Gasteiger partial charge is 0.465 e. The van der Waals surface area contributed by atoms with Gasteiger partial charge in [-0.25, -0.2) is 13.2 Å². The number of ether oxygens (including phenoxy) is 2. The van der Waals surface area contributed by atoms with Crippen LogP contribution in [0.4, 0.5) is 0 Å². The second kappa shape index (κ2) is 8.39. The molecule has 1 atom stereocenters. The molecule has 2 aromatic carbocycles. The van der Waals surface area contributed by atoms with Crippen LogP contribution in [0, 0.1) is 0 Å². The topological polar surface area (TPSA) is 116 Å². The molecule has 1 aromatic heterocycles. The third-order valence-corrected chi connectivity index (χ3v) is 8.20. The van der Waals surface area contributed by atoms with E-state index in [1.807, 2.05) is 24.3 Å². The molecule has 2 heterocycles. The van der Waals surface area contributed by atoms with Crippen LogP contribution in [0.5, 0.6) is 0 Å². The minimum Gasteiger partial charge on any atom is -0.465 e. The van der Waals surface area contributed by atoms with Crippen LogP contribution in [0.25, 0.3) is 10.1 Å². The molecule has 4 rings (SSSR count).